The fourth-order valence-corrected chi connectivity index (χ4v) is 2.02. The van der Waals surface area contributed by atoms with E-state index in [4.69, 9.17) is 14.2 Å². The van der Waals surface area contributed by atoms with Gasteiger partial charge in [0.15, 0.2) is 11.5 Å². The van der Waals surface area contributed by atoms with E-state index < -0.39 is 17.5 Å². The highest BCUT2D eigenvalue weighted by Crippen LogP contribution is 2.40. The van der Waals surface area contributed by atoms with Crippen LogP contribution in [0.2, 0.25) is 0 Å². The van der Waals surface area contributed by atoms with E-state index in [2.05, 4.69) is 10.6 Å². The molecule has 1 heterocycles. The lowest BCUT2D eigenvalue weighted by molar-refractivity contribution is -0.0431. The van der Waals surface area contributed by atoms with Crippen molar-refractivity contribution in [2.24, 2.45) is 0 Å². The van der Waals surface area contributed by atoms with Gasteiger partial charge in [-0.05, 0) is 32.9 Å². The van der Waals surface area contributed by atoms with Gasteiger partial charge < -0.3 is 24.8 Å². The monoisotopic (exact) mass is 308 g/mol. The normalized spacial score (nSPS) is 15.3. The van der Waals surface area contributed by atoms with Crippen LogP contribution in [-0.2, 0) is 4.74 Å². The molecule has 0 atom stereocenters. The zero-order chi connectivity index (χ0) is 16.4. The maximum atomic E-state index is 11.5. The predicted octanol–water partition coefficient (Wildman–Crippen LogP) is 3.13. The van der Waals surface area contributed by atoms with Gasteiger partial charge in [-0.25, -0.2) is 4.79 Å². The van der Waals surface area contributed by atoms with Gasteiger partial charge in [-0.1, -0.05) is 0 Å². The minimum absolute atomic E-state index is 0.415. The third-order valence-electron chi connectivity index (χ3n) is 2.78. The van der Waals surface area contributed by atoms with Gasteiger partial charge in [0, 0.05) is 38.7 Å². The number of carbonyl (C=O) groups excluding carboxylic acids is 1. The number of amides is 1. The van der Waals surface area contributed by atoms with Crippen LogP contribution < -0.4 is 20.1 Å². The minimum Gasteiger partial charge on any atom is -0.449 e. The molecule has 1 aliphatic rings. The number of anilines is 1. The van der Waals surface area contributed by atoms with Crippen molar-refractivity contribution in [2.45, 2.75) is 46.0 Å². The Kier molecular flexibility index (Phi) is 4.39. The number of alkyl carbamates (subject to hydrolysis) is 1. The zero-order valence-electron chi connectivity index (χ0n) is 13.8. The first kappa shape index (κ1) is 16.3. The smallest absolute Gasteiger partial charge is 0.407 e. The number of carbonyl (C=O) groups is 1. The molecule has 0 bridgehead atoms. The highest BCUT2D eigenvalue weighted by Gasteiger charge is 2.31. The minimum atomic E-state index is -0.626. The van der Waals surface area contributed by atoms with Crippen LogP contribution in [0.3, 0.4) is 0 Å². The molecule has 0 aliphatic carbocycles. The molecule has 0 fully saturated rings. The molecule has 2 rings (SSSR count). The summed E-state index contributed by atoms with van der Waals surface area (Å²) in [7, 11) is 0. The summed E-state index contributed by atoms with van der Waals surface area (Å²) in [5.41, 5.74) is 0.424. The zero-order valence-corrected chi connectivity index (χ0v) is 13.8. The summed E-state index contributed by atoms with van der Waals surface area (Å²) >= 11 is 0. The van der Waals surface area contributed by atoms with Gasteiger partial charge in [-0.15, -0.1) is 0 Å². The standard InChI is InChI=1S/C16H24N2O4/c1-15(2,3)22-14(19)18-9-8-17-11-6-7-12-13(10-11)21-16(4,5)20-12/h6-7,10,17H,8-9H2,1-5H3,(H,18,19). The van der Waals surface area contributed by atoms with E-state index in [0.29, 0.717) is 13.1 Å². The van der Waals surface area contributed by atoms with Gasteiger partial charge in [0.05, 0.1) is 0 Å². The quantitative estimate of drug-likeness (QED) is 0.836. The van der Waals surface area contributed by atoms with E-state index in [-0.39, 0.29) is 0 Å². The Hall–Kier alpha value is -2.11. The second-order valence-corrected chi connectivity index (χ2v) is 6.62. The van der Waals surface area contributed by atoms with Crippen molar-refractivity contribution >= 4 is 11.8 Å². The lowest BCUT2D eigenvalue weighted by Crippen LogP contribution is -2.34. The Balaban J connectivity index is 1.76. The Bertz CT molecular complexity index is 550. The molecule has 6 nitrogen and oxygen atoms in total. The average molecular weight is 308 g/mol. The van der Waals surface area contributed by atoms with Crippen molar-refractivity contribution in [3.63, 3.8) is 0 Å². The molecular weight excluding hydrogens is 284 g/mol. The molecule has 0 spiro atoms. The number of rotatable bonds is 4. The average Bonchev–Trinajstić information content (AvgIpc) is 2.65. The van der Waals surface area contributed by atoms with E-state index in [9.17, 15) is 4.79 Å². The fourth-order valence-electron chi connectivity index (χ4n) is 2.02. The predicted molar refractivity (Wildman–Crippen MR) is 84.5 cm³/mol. The Morgan fingerprint density at radius 1 is 1.18 bits per heavy atom. The van der Waals surface area contributed by atoms with Crippen molar-refractivity contribution in [1.82, 2.24) is 5.32 Å². The third-order valence-corrected chi connectivity index (χ3v) is 2.78. The van der Waals surface area contributed by atoms with Crippen molar-refractivity contribution in [3.05, 3.63) is 18.2 Å². The molecule has 2 N–H and O–H groups in total. The van der Waals surface area contributed by atoms with Crippen molar-refractivity contribution in [2.75, 3.05) is 18.4 Å². The summed E-state index contributed by atoms with van der Waals surface area (Å²) in [6.45, 7) is 10.3. The van der Waals surface area contributed by atoms with Crippen LogP contribution >= 0.6 is 0 Å². The van der Waals surface area contributed by atoms with Crippen LogP contribution in [0.4, 0.5) is 10.5 Å². The summed E-state index contributed by atoms with van der Waals surface area (Å²) in [4.78, 5) is 11.5. The number of nitrogens with one attached hydrogen (secondary N) is 2. The molecule has 0 saturated heterocycles. The Morgan fingerprint density at radius 3 is 2.55 bits per heavy atom. The molecule has 122 valence electrons. The summed E-state index contributed by atoms with van der Waals surface area (Å²) in [6.07, 6.45) is -0.415. The van der Waals surface area contributed by atoms with Crippen molar-refractivity contribution in [3.8, 4) is 11.5 Å². The molecule has 1 amide bonds. The second kappa shape index (κ2) is 5.94. The summed E-state index contributed by atoms with van der Waals surface area (Å²) in [6, 6.07) is 5.67. The van der Waals surface area contributed by atoms with Gasteiger partial charge in [-0.3, -0.25) is 0 Å². The molecule has 0 unspecified atom stereocenters. The highest BCUT2D eigenvalue weighted by atomic mass is 16.7. The highest BCUT2D eigenvalue weighted by molar-refractivity contribution is 5.67. The van der Waals surface area contributed by atoms with Crippen LogP contribution in [-0.4, -0.2) is 30.6 Å². The molecule has 0 saturated carbocycles. The summed E-state index contributed by atoms with van der Waals surface area (Å²) in [5, 5.41) is 5.91. The number of fused-ring (bicyclic) bond motifs is 1. The van der Waals surface area contributed by atoms with Crippen LogP contribution in [0.15, 0.2) is 18.2 Å². The van der Waals surface area contributed by atoms with Gasteiger partial charge in [-0.2, -0.15) is 0 Å². The number of hydrogen-bond acceptors (Lipinski definition) is 5. The van der Waals surface area contributed by atoms with Crippen molar-refractivity contribution < 1.29 is 19.0 Å². The van der Waals surface area contributed by atoms with E-state index in [1.54, 1.807) is 0 Å². The number of ether oxygens (including phenoxy) is 3. The Labute approximate surface area is 131 Å². The van der Waals surface area contributed by atoms with Crippen LogP contribution in [0.1, 0.15) is 34.6 Å². The topological polar surface area (TPSA) is 68.8 Å². The van der Waals surface area contributed by atoms with Crippen LogP contribution in [0.25, 0.3) is 0 Å². The number of hydrogen-bond donors (Lipinski definition) is 2. The maximum absolute atomic E-state index is 11.5. The molecule has 6 heteroatoms. The van der Waals surface area contributed by atoms with E-state index >= 15 is 0 Å². The lowest BCUT2D eigenvalue weighted by atomic mass is 10.2. The summed E-state index contributed by atoms with van der Waals surface area (Å²) < 4.78 is 16.5. The van der Waals surface area contributed by atoms with Gasteiger partial charge in [0.25, 0.3) is 0 Å². The third kappa shape index (κ3) is 4.72. The SMILES string of the molecule is CC(C)(C)OC(=O)NCCNc1ccc2c(c1)OC(C)(C)O2. The fraction of sp³-hybridized carbons (Fsp3) is 0.562. The van der Waals surface area contributed by atoms with Crippen molar-refractivity contribution in [1.29, 1.82) is 0 Å². The lowest BCUT2D eigenvalue weighted by Gasteiger charge is -2.19. The van der Waals surface area contributed by atoms with Gasteiger partial charge in [0.1, 0.15) is 5.60 Å². The van der Waals surface area contributed by atoms with E-state index in [1.807, 2.05) is 52.8 Å². The van der Waals surface area contributed by atoms with Crippen LogP contribution in [0, 0.1) is 0 Å². The maximum Gasteiger partial charge on any atom is 0.407 e. The largest absolute Gasteiger partial charge is 0.449 e. The number of benzene rings is 1. The molecule has 0 aromatic heterocycles. The van der Waals surface area contributed by atoms with Crippen LogP contribution in [0.5, 0.6) is 11.5 Å². The Morgan fingerprint density at radius 2 is 1.86 bits per heavy atom. The van der Waals surface area contributed by atoms with Gasteiger partial charge in [0.2, 0.25) is 5.79 Å². The first-order valence-electron chi connectivity index (χ1n) is 7.37. The first-order valence-corrected chi connectivity index (χ1v) is 7.37. The van der Waals surface area contributed by atoms with E-state index in [0.717, 1.165) is 17.2 Å². The molecular formula is C16H24N2O4. The molecule has 1 aliphatic heterocycles. The first-order chi connectivity index (χ1) is 10.1. The molecule has 0 radical (unpaired) electrons. The molecule has 1 aromatic rings. The summed E-state index contributed by atoms with van der Waals surface area (Å²) in [5.74, 6) is 0.830. The van der Waals surface area contributed by atoms with Gasteiger partial charge >= 0.3 is 6.09 Å². The molecule has 1 aromatic carbocycles. The van der Waals surface area contributed by atoms with E-state index in [1.165, 1.54) is 0 Å². The second-order valence-electron chi connectivity index (χ2n) is 6.62. The molecule has 22 heavy (non-hydrogen) atoms.